The number of carboxylic acids is 1. The standard InChI is InChI=1S/C12H21N3O3S/c1-4-15(8-9(2)7-13)12(18)14-10(11(16)17)5-6-19-3/h9-10H,4-6,8H2,1-3H3,(H,14,18)(H,16,17)/t9?,10-/m1/s1. The maximum Gasteiger partial charge on any atom is 0.326 e. The predicted molar refractivity (Wildman–Crippen MR) is 75.0 cm³/mol. The second kappa shape index (κ2) is 9.50. The van der Waals surface area contributed by atoms with Gasteiger partial charge in [0.2, 0.25) is 0 Å². The summed E-state index contributed by atoms with van der Waals surface area (Å²) in [6, 6.07) is 0.738. The molecule has 0 bridgehead atoms. The first-order valence-electron chi connectivity index (χ1n) is 6.13. The Labute approximate surface area is 118 Å². The van der Waals surface area contributed by atoms with E-state index in [1.807, 2.05) is 6.26 Å². The van der Waals surface area contributed by atoms with Gasteiger partial charge in [0, 0.05) is 13.1 Å². The highest BCUT2D eigenvalue weighted by atomic mass is 32.2. The maximum absolute atomic E-state index is 11.9. The Morgan fingerprint density at radius 3 is 2.58 bits per heavy atom. The van der Waals surface area contributed by atoms with Crippen molar-refractivity contribution >= 4 is 23.8 Å². The first-order valence-corrected chi connectivity index (χ1v) is 7.52. The minimum absolute atomic E-state index is 0.278. The molecule has 2 atom stereocenters. The molecular formula is C12H21N3O3S. The molecule has 0 radical (unpaired) electrons. The third-order valence-corrected chi connectivity index (χ3v) is 3.23. The van der Waals surface area contributed by atoms with Crippen LogP contribution in [0.2, 0.25) is 0 Å². The third-order valence-electron chi connectivity index (χ3n) is 2.59. The number of carbonyl (C=O) groups is 2. The van der Waals surface area contributed by atoms with Crippen molar-refractivity contribution in [1.29, 1.82) is 5.26 Å². The summed E-state index contributed by atoms with van der Waals surface area (Å²) in [5.41, 5.74) is 0. The zero-order chi connectivity index (χ0) is 14.8. The Morgan fingerprint density at radius 2 is 2.16 bits per heavy atom. The number of urea groups is 1. The van der Waals surface area contributed by atoms with E-state index in [-0.39, 0.29) is 5.92 Å². The van der Waals surface area contributed by atoms with E-state index < -0.39 is 18.0 Å². The number of nitrogens with one attached hydrogen (secondary N) is 1. The quantitative estimate of drug-likeness (QED) is 0.703. The monoisotopic (exact) mass is 287 g/mol. The second-order valence-electron chi connectivity index (χ2n) is 4.19. The molecule has 0 aliphatic heterocycles. The Morgan fingerprint density at radius 1 is 1.53 bits per heavy atom. The zero-order valence-electron chi connectivity index (χ0n) is 11.5. The molecule has 2 amide bonds. The lowest BCUT2D eigenvalue weighted by atomic mass is 10.2. The molecule has 0 aromatic carbocycles. The number of carbonyl (C=O) groups excluding carboxylic acids is 1. The lowest BCUT2D eigenvalue weighted by Crippen LogP contribution is -2.49. The van der Waals surface area contributed by atoms with Crippen molar-refractivity contribution in [1.82, 2.24) is 10.2 Å². The SMILES string of the molecule is CCN(CC(C)C#N)C(=O)N[C@H](CCSC)C(=O)O. The van der Waals surface area contributed by atoms with Crippen LogP contribution in [0.4, 0.5) is 4.79 Å². The highest BCUT2D eigenvalue weighted by Gasteiger charge is 2.22. The molecule has 0 aliphatic carbocycles. The van der Waals surface area contributed by atoms with Gasteiger partial charge in [-0.2, -0.15) is 17.0 Å². The van der Waals surface area contributed by atoms with Gasteiger partial charge in [0.1, 0.15) is 6.04 Å². The molecule has 7 heteroatoms. The van der Waals surface area contributed by atoms with Crippen molar-refractivity contribution in [2.75, 3.05) is 25.1 Å². The summed E-state index contributed by atoms with van der Waals surface area (Å²) in [5.74, 6) is -0.648. The van der Waals surface area contributed by atoms with Crippen LogP contribution in [0.15, 0.2) is 0 Å². The highest BCUT2D eigenvalue weighted by Crippen LogP contribution is 2.04. The van der Waals surface area contributed by atoms with E-state index in [2.05, 4.69) is 11.4 Å². The Bertz CT molecular complexity index is 344. The molecule has 0 fully saturated rings. The minimum atomic E-state index is -1.04. The summed E-state index contributed by atoms with van der Waals surface area (Å²) >= 11 is 1.53. The number of aliphatic carboxylic acids is 1. The Balaban J connectivity index is 4.51. The van der Waals surface area contributed by atoms with Crippen molar-refractivity contribution in [3.05, 3.63) is 0 Å². The number of nitrogens with zero attached hydrogens (tertiary/aromatic N) is 2. The van der Waals surface area contributed by atoms with Crippen molar-refractivity contribution in [3.8, 4) is 6.07 Å². The Kier molecular flexibility index (Phi) is 8.79. The van der Waals surface area contributed by atoms with Crippen molar-refractivity contribution in [3.63, 3.8) is 0 Å². The molecule has 0 aliphatic rings. The van der Waals surface area contributed by atoms with Crippen LogP contribution in [0, 0.1) is 17.2 Å². The number of nitriles is 1. The van der Waals surface area contributed by atoms with Gasteiger partial charge >= 0.3 is 12.0 Å². The molecule has 19 heavy (non-hydrogen) atoms. The van der Waals surface area contributed by atoms with Crippen LogP contribution in [0.25, 0.3) is 0 Å². The van der Waals surface area contributed by atoms with Crippen LogP contribution < -0.4 is 5.32 Å². The fourth-order valence-corrected chi connectivity index (χ4v) is 1.93. The summed E-state index contributed by atoms with van der Waals surface area (Å²) in [6.45, 7) is 4.25. The molecule has 6 nitrogen and oxygen atoms in total. The average Bonchev–Trinajstić information content (AvgIpc) is 2.39. The number of hydrogen-bond acceptors (Lipinski definition) is 4. The molecule has 108 valence electrons. The normalized spacial score (nSPS) is 13.2. The van der Waals surface area contributed by atoms with Crippen molar-refractivity contribution in [2.24, 2.45) is 5.92 Å². The fourth-order valence-electron chi connectivity index (χ4n) is 1.46. The molecule has 2 N–H and O–H groups in total. The lowest BCUT2D eigenvalue weighted by Gasteiger charge is -2.24. The number of thioether (sulfide) groups is 1. The van der Waals surface area contributed by atoms with Gasteiger partial charge in [0.05, 0.1) is 12.0 Å². The third kappa shape index (κ3) is 6.91. The van der Waals surface area contributed by atoms with E-state index >= 15 is 0 Å². The molecule has 0 aromatic rings. The molecule has 0 rings (SSSR count). The van der Waals surface area contributed by atoms with Gasteiger partial charge in [0.15, 0.2) is 0 Å². The van der Waals surface area contributed by atoms with Crippen LogP contribution in [0.3, 0.4) is 0 Å². The molecule has 0 saturated heterocycles. The van der Waals surface area contributed by atoms with Gasteiger partial charge in [-0.05, 0) is 32.3 Å². The van der Waals surface area contributed by atoms with Gasteiger partial charge in [-0.1, -0.05) is 0 Å². The number of carboxylic acid groups (broad SMARTS) is 1. The molecule has 0 aromatic heterocycles. The highest BCUT2D eigenvalue weighted by molar-refractivity contribution is 7.98. The summed E-state index contributed by atoms with van der Waals surface area (Å²) in [5, 5.41) is 20.3. The van der Waals surface area contributed by atoms with E-state index in [1.54, 1.807) is 13.8 Å². The summed E-state index contributed by atoms with van der Waals surface area (Å²) in [6.07, 6.45) is 2.27. The van der Waals surface area contributed by atoms with E-state index in [1.165, 1.54) is 16.7 Å². The van der Waals surface area contributed by atoms with Crippen LogP contribution >= 0.6 is 11.8 Å². The van der Waals surface area contributed by atoms with Crippen LogP contribution in [0.5, 0.6) is 0 Å². The molecule has 1 unspecified atom stereocenters. The van der Waals surface area contributed by atoms with E-state index in [0.717, 1.165) is 0 Å². The van der Waals surface area contributed by atoms with Crippen LogP contribution in [-0.4, -0.2) is 53.1 Å². The van der Waals surface area contributed by atoms with E-state index in [0.29, 0.717) is 25.3 Å². The number of amides is 2. The van der Waals surface area contributed by atoms with E-state index in [4.69, 9.17) is 10.4 Å². The number of rotatable bonds is 8. The first kappa shape index (κ1) is 17.6. The average molecular weight is 287 g/mol. The zero-order valence-corrected chi connectivity index (χ0v) is 12.4. The molecule has 0 spiro atoms. The van der Waals surface area contributed by atoms with Gasteiger partial charge in [-0.15, -0.1) is 0 Å². The second-order valence-corrected chi connectivity index (χ2v) is 5.18. The summed E-state index contributed by atoms with van der Waals surface area (Å²) in [4.78, 5) is 24.4. The van der Waals surface area contributed by atoms with Gasteiger partial charge in [-0.3, -0.25) is 0 Å². The van der Waals surface area contributed by atoms with Crippen LogP contribution in [0.1, 0.15) is 20.3 Å². The predicted octanol–water partition coefficient (Wildman–Crippen LogP) is 1.38. The van der Waals surface area contributed by atoms with Crippen molar-refractivity contribution < 1.29 is 14.7 Å². The fraction of sp³-hybridized carbons (Fsp3) is 0.750. The van der Waals surface area contributed by atoms with Gasteiger partial charge in [0.25, 0.3) is 0 Å². The molecular weight excluding hydrogens is 266 g/mol. The van der Waals surface area contributed by atoms with Gasteiger partial charge < -0.3 is 15.3 Å². The molecule has 0 saturated carbocycles. The maximum atomic E-state index is 11.9. The molecule has 0 heterocycles. The largest absolute Gasteiger partial charge is 0.480 e. The number of hydrogen-bond donors (Lipinski definition) is 2. The van der Waals surface area contributed by atoms with Crippen molar-refractivity contribution in [2.45, 2.75) is 26.3 Å². The van der Waals surface area contributed by atoms with Gasteiger partial charge in [-0.25, -0.2) is 9.59 Å². The summed E-state index contributed by atoms with van der Waals surface area (Å²) < 4.78 is 0. The summed E-state index contributed by atoms with van der Waals surface area (Å²) in [7, 11) is 0. The first-order chi connectivity index (χ1) is 8.96. The van der Waals surface area contributed by atoms with E-state index in [9.17, 15) is 9.59 Å². The minimum Gasteiger partial charge on any atom is -0.480 e. The smallest absolute Gasteiger partial charge is 0.326 e. The van der Waals surface area contributed by atoms with Crippen LogP contribution in [-0.2, 0) is 4.79 Å². The Hall–Kier alpha value is -1.42. The topological polar surface area (TPSA) is 93.4 Å². The lowest BCUT2D eigenvalue weighted by molar-refractivity contribution is -0.139.